The highest BCUT2D eigenvalue weighted by molar-refractivity contribution is 5.91. The van der Waals surface area contributed by atoms with Crippen LogP contribution in [-0.4, -0.2) is 60.3 Å². The first-order valence-corrected chi connectivity index (χ1v) is 13.7. The lowest BCUT2D eigenvalue weighted by Gasteiger charge is -2.43. The van der Waals surface area contributed by atoms with Crippen molar-refractivity contribution < 1.29 is 43.2 Å². The molecule has 9 heteroatoms. The van der Waals surface area contributed by atoms with E-state index in [-0.39, 0.29) is 17.7 Å². The molecule has 1 heterocycles. The summed E-state index contributed by atoms with van der Waals surface area (Å²) < 4.78 is 29.1. The largest absolute Gasteiger partial charge is 0.459 e. The average molecular weight is 583 g/mol. The summed E-state index contributed by atoms with van der Waals surface area (Å²) in [4.78, 5) is 39.3. The van der Waals surface area contributed by atoms with Gasteiger partial charge in [0.1, 0.15) is 18.8 Å². The fourth-order valence-corrected chi connectivity index (χ4v) is 4.60. The van der Waals surface area contributed by atoms with Crippen molar-refractivity contribution in [2.24, 2.45) is 0 Å². The SMILES string of the molecule is O=C(OC[C@H]1OC(O)[C@@H](OCc2ccccc2)[C@@H](OC(=O)c2ccccc2)[C@@H]1OC(=O)c1ccccc1)c1ccccc1. The van der Waals surface area contributed by atoms with Crippen LogP contribution in [0.5, 0.6) is 0 Å². The fourth-order valence-electron chi connectivity index (χ4n) is 4.60. The Morgan fingerprint density at radius 1 is 0.581 bits per heavy atom. The molecule has 1 saturated heterocycles. The van der Waals surface area contributed by atoms with E-state index in [0.29, 0.717) is 5.56 Å². The van der Waals surface area contributed by atoms with Crippen LogP contribution in [0.4, 0.5) is 0 Å². The molecular formula is C34H30O9. The molecule has 0 aromatic heterocycles. The highest BCUT2D eigenvalue weighted by Gasteiger charge is 2.51. The van der Waals surface area contributed by atoms with E-state index in [9.17, 15) is 19.5 Å². The van der Waals surface area contributed by atoms with Gasteiger partial charge in [0.2, 0.25) is 0 Å². The summed E-state index contributed by atoms with van der Waals surface area (Å²) in [6.07, 6.45) is -6.76. The average Bonchev–Trinajstić information content (AvgIpc) is 3.06. The van der Waals surface area contributed by atoms with E-state index in [0.717, 1.165) is 5.56 Å². The number of carbonyl (C=O) groups excluding carboxylic acids is 3. The second-order valence-electron chi connectivity index (χ2n) is 9.76. The molecule has 1 aliphatic rings. The maximum Gasteiger partial charge on any atom is 0.338 e. The lowest BCUT2D eigenvalue weighted by atomic mass is 9.97. The van der Waals surface area contributed by atoms with E-state index in [4.69, 9.17) is 23.7 Å². The Hall–Kier alpha value is -4.83. The third-order valence-electron chi connectivity index (χ3n) is 6.79. The zero-order valence-electron chi connectivity index (χ0n) is 23.1. The summed E-state index contributed by atoms with van der Waals surface area (Å²) in [6, 6.07) is 34.0. The Kier molecular flexibility index (Phi) is 9.91. The highest BCUT2D eigenvalue weighted by Crippen LogP contribution is 2.30. The van der Waals surface area contributed by atoms with Gasteiger partial charge in [-0.25, -0.2) is 14.4 Å². The minimum atomic E-state index is -1.62. The topological polar surface area (TPSA) is 118 Å². The van der Waals surface area contributed by atoms with Crippen LogP contribution in [0, 0.1) is 0 Å². The van der Waals surface area contributed by atoms with E-state index >= 15 is 0 Å². The molecule has 4 aromatic carbocycles. The van der Waals surface area contributed by atoms with Crippen LogP contribution in [0.3, 0.4) is 0 Å². The van der Waals surface area contributed by atoms with Gasteiger partial charge in [-0.15, -0.1) is 0 Å². The van der Waals surface area contributed by atoms with E-state index < -0.39 is 55.2 Å². The Labute approximate surface area is 248 Å². The second kappa shape index (κ2) is 14.4. The normalized spacial score (nSPS) is 21.4. The molecule has 220 valence electrons. The molecule has 0 bridgehead atoms. The molecule has 4 aromatic rings. The van der Waals surface area contributed by atoms with Crippen molar-refractivity contribution in [1.29, 1.82) is 0 Å². The van der Waals surface area contributed by atoms with Crippen LogP contribution in [0.15, 0.2) is 121 Å². The molecule has 0 saturated carbocycles. The summed E-state index contributed by atoms with van der Waals surface area (Å²) in [5.41, 5.74) is 1.57. The minimum Gasteiger partial charge on any atom is -0.459 e. The third kappa shape index (κ3) is 7.72. The Morgan fingerprint density at radius 3 is 1.53 bits per heavy atom. The number of carbonyl (C=O) groups is 3. The van der Waals surface area contributed by atoms with E-state index in [1.54, 1.807) is 91.0 Å². The molecule has 0 amide bonds. The Balaban J connectivity index is 1.45. The molecule has 0 radical (unpaired) electrons. The predicted octanol–water partition coefficient (Wildman–Crippen LogP) is 4.60. The number of hydrogen-bond donors (Lipinski definition) is 1. The van der Waals surface area contributed by atoms with Crippen LogP contribution in [0.1, 0.15) is 36.6 Å². The van der Waals surface area contributed by atoms with Gasteiger partial charge in [-0.3, -0.25) is 0 Å². The van der Waals surface area contributed by atoms with Crippen molar-refractivity contribution >= 4 is 17.9 Å². The molecule has 9 nitrogen and oxygen atoms in total. The predicted molar refractivity (Wildman–Crippen MR) is 154 cm³/mol. The summed E-state index contributed by atoms with van der Waals surface area (Å²) in [6.45, 7) is -0.374. The van der Waals surface area contributed by atoms with Gasteiger partial charge in [-0.2, -0.15) is 0 Å². The van der Waals surface area contributed by atoms with E-state index in [1.165, 1.54) is 0 Å². The molecule has 1 unspecified atom stereocenters. The fraction of sp³-hybridized carbons (Fsp3) is 0.206. The second-order valence-corrected chi connectivity index (χ2v) is 9.76. The van der Waals surface area contributed by atoms with Gasteiger partial charge in [0.25, 0.3) is 0 Å². The Bertz CT molecular complexity index is 1480. The molecule has 1 N–H and O–H groups in total. The highest BCUT2D eigenvalue weighted by atomic mass is 16.7. The van der Waals surface area contributed by atoms with Crippen LogP contribution in [0.25, 0.3) is 0 Å². The number of rotatable bonds is 10. The van der Waals surface area contributed by atoms with Crippen molar-refractivity contribution in [3.05, 3.63) is 144 Å². The molecule has 5 atom stereocenters. The van der Waals surface area contributed by atoms with Gasteiger partial charge >= 0.3 is 17.9 Å². The lowest BCUT2D eigenvalue weighted by molar-refractivity contribution is -0.296. The smallest absolute Gasteiger partial charge is 0.338 e. The molecule has 0 aliphatic carbocycles. The minimum absolute atomic E-state index is 0.0400. The van der Waals surface area contributed by atoms with Crippen LogP contribution >= 0.6 is 0 Å². The van der Waals surface area contributed by atoms with Crippen molar-refractivity contribution in [3.63, 3.8) is 0 Å². The van der Waals surface area contributed by atoms with Crippen LogP contribution < -0.4 is 0 Å². The van der Waals surface area contributed by atoms with Crippen LogP contribution in [0.2, 0.25) is 0 Å². The lowest BCUT2D eigenvalue weighted by Crippen LogP contribution is -2.62. The first-order valence-electron chi connectivity index (χ1n) is 13.7. The zero-order valence-corrected chi connectivity index (χ0v) is 23.1. The summed E-state index contributed by atoms with van der Waals surface area (Å²) in [5.74, 6) is -2.10. The maximum absolute atomic E-state index is 13.3. The number of aliphatic hydroxyl groups excluding tert-OH is 1. The summed E-state index contributed by atoms with van der Waals surface area (Å²) in [7, 11) is 0. The number of ether oxygens (including phenoxy) is 5. The molecule has 0 spiro atoms. The molecule has 5 rings (SSSR count). The van der Waals surface area contributed by atoms with Crippen LogP contribution in [-0.2, 0) is 30.3 Å². The van der Waals surface area contributed by atoms with Gasteiger partial charge in [0, 0.05) is 0 Å². The summed E-state index contributed by atoms with van der Waals surface area (Å²) in [5, 5.41) is 11.1. The molecule has 43 heavy (non-hydrogen) atoms. The monoisotopic (exact) mass is 582 g/mol. The number of esters is 3. The van der Waals surface area contributed by atoms with Crippen molar-refractivity contribution in [2.45, 2.75) is 37.3 Å². The van der Waals surface area contributed by atoms with Crippen molar-refractivity contribution in [1.82, 2.24) is 0 Å². The first kappa shape index (κ1) is 29.7. The van der Waals surface area contributed by atoms with E-state index in [1.807, 2.05) is 30.3 Å². The van der Waals surface area contributed by atoms with Crippen molar-refractivity contribution in [2.75, 3.05) is 6.61 Å². The first-order chi connectivity index (χ1) is 21.0. The molecular weight excluding hydrogens is 552 g/mol. The number of benzene rings is 4. The van der Waals surface area contributed by atoms with E-state index in [2.05, 4.69) is 0 Å². The quantitative estimate of drug-likeness (QED) is 0.212. The van der Waals surface area contributed by atoms with Gasteiger partial charge in [0.15, 0.2) is 18.5 Å². The summed E-state index contributed by atoms with van der Waals surface area (Å²) >= 11 is 0. The standard InChI is InChI=1S/C34H30O9/c35-31(24-15-7-2-8-16-24)40-22-27-28(42-32(36)25-17-9-3-10-18-25)29(43-33(37)26-19-11-4-12-20-26)30(34(38)41-27)39-21-23-13-5-1-6-14-23/h1-20,27-30,34,38H,21-22H2/t27-,28-,29+,30+,34?/m1/s1. The van der Waals surface area contributed by atoms with Gasteiger partial charge < -0.3 is 28.8 Å². The van der Waals surface area contributed by atoms with Gasteiger partial charge in [-0.05, 0) is 42.0 Å². The van der Waals surface area contributed by atoms with Gasteiger partial charge in [0.05, 0.1) is 23.3 Å². The molecule has 1 aliphatic heterocycles. The molecule has 1 fully saturated rings. The van der Waals surface area contributed by atoms with Crippen molar-refractivity contribution in [3.8, 4) is 0 Å². The zero-order chi connectivity index (χ0) is 30.0. The maximum atomic E-state index is 13.3. The van der Waals surface area contributed by atoms with Gasteiger partial charge in [-0.1, -0.05) is 84.9 Å². The number of hydrogen-bond acceptors (Lipinski definition) is 9. The third-order valence-corrected chi connectivity index (χ3v) is 6.79. The Morgan fingerprint density at radius 2 is 1.02 bits per heavy atom. The number of aliphatic hydroxyl groups is 1.